The summed E-state index contributed by atoms with van der Waals surface area (Å²) in [5.74, 6) is -0.498. The molecule has 0 unspecified atom stereocenters. The normalized spacial score (nSPS) is 9.71. The third kappa shape index (κ3) is 3.94. The van der Waals surface area contributed by atoms with Crippen LogP contribution in [0, 0.1) is 17.1 Å². The number of benzene rings is 2. The summed E-state index contributed by atoms with van der Waals surface area (Å²) in [5, 5.41) is 11.3. The fourth-order valence-corrected chi connectivity index (χ4v) is 1.64. The Kier molecular flexibility index (Phi) is 4.36. The van der Waals surface area contributed by atoms with Gasteiger partial charge in [-0.05, 0) is 36.4 Å². The van der Waals surface area contributed by atoms with E-state index in [1.54, 1.807) is 18.2 Å². The molecule has 2 aromatic rings. The van der Waals surface area contributed by atoms with Crippen molar-refractivity contribution in [3.05, 3.63) is 53.8 Å². The summed E-state index contributed by atoms with van der Waals surface area (Å²) in [5.41, 5.74) is 6.47. The Balaban J connectivity index is 1.94. The van der Waals surface area contributed by atoms with E-state index in [1.807, 2.05) is 6.07 Å². The number of nitrogens with two attached hydrogens (primary N) is 1. The molecule has 1 amide bonds. The van der Waals surface area contributed by atoms with Crippen LogP contribution in [0.25, 0.3) is 0 Å². The largest absolute Gasteiger partial charge is 0.484 e. The summed E-state index contributed by atoms with van der Waals surface area (Å²) in [6, 6.07) is 12.1. The molecule has 2 rings (SSSR count). The predicted octanol–water partition coefficient (Wildman–Crippen LogP) is 2.30. The molecular weight excluding hydrogens is 273 g/mol. The highest BCUT2D eigenvalue weighted by Crippen LogP contribution is 2.19. The summed E-state index contributed by atoms with van der Waals surface area (Å²) >= 11 is 0. The molecule has 106 valence electrons. The highest BCUT2D eigenvalue weighted by atomic mass is 19.1. The van der Waals surface area contributed by atoms with Crippen LogP contribution >= 0.6 is 0 Å². The Bertz CT molecular complexity index is 710. The van der Waals surface area contributed by atoms with E-state index in [2.05, 4.69) is 5.32 Å². The molecule has 0 aromatic heterocycles. The van der Waals surface area contributed by atoms with Gasteiger partial charge in [-0.1, -0.05) is 6.07 Å². The van der Waals surface area contributed by atoms with Gasteiger partial charge in [0.2, 0.25) is 0 Å². The summed E-state index contributed by atoms with van der Waals surface area (Å²) < 4.78 is 18.2. The zero-order valence-electron chi connectivity index (χ0n) is 11.0. The van der Waals surface area contributed by atoms with Gasteiger partial charge in [0.05, 0.1) is 23.0 Å². The van der Waals surface area contributed by atoms with Crippen LogP contribution in [0.2, 0.25) is 0 Å². The molecule has 0 aliphatic carbocycles. The van der Waals surface area contributed by atoms with Crippen LogP contribution in [0.4, 0.5) is 15.8 Å². The Morgan fingerprint density at radius 1 is 1.33 bits per heavy atom. The van der Waals surface area contributed by atoms with Gasteiger partial charge in [0.1, 0.15) is 11.6 Å². The molecule has 0 fully saturated rings. The second-order valence-corrected chi connectivity index (χ2v) is 4.21. The lowest BCUT2D eigenvalue weighted by Crippen LogP contribution is -2.20. The fraction of sp³-hybridized carbons (Fsp3) is 0.0667. The van der Waals surface area contributed by atoms with Crippen LogP contribution < -0.4 is 15.8 Å². The summed E-state index contributed by atoms with van der Waals surface area (Å²) in [7, 11) is 0. The Labute approximate surface area is 120 Å². The van der Waals surface area contributed by atoms with Crippen LogP contribution in [0.3, 0.4) is 0 Å². The molecular formula is C15H12FN3O2. The zero-order chi connectivity index (χ0) is 15.2. The Morgan fingerprint density at radius 3 is 2.86 bits per heavy atom. The average molecular weight is 285 g/mol. The smallest absolute Gasteiger partial charge is 0.262 e. The monoisotopic (exact) mass is 285 g/mol. The molecule has 2 aromatic carbocycles. The SMILES string of the molecule is N#Cc1cccc(OCC(=O)Nc2ccc(F)cc2N)c1. The second-order valence-electron chi connectivity index (χ2n) is 4.21. The first-order chi connectivity index (χ1) is 10.1. The maximum atomic E-state index is 12.9. The minimum absolute atomic E-state index is 0.134. The first-order valence-corrected chi connectivity index (χ1v) is 6.06. The number of nitrogen functional groups attached to an aromatic ring is 1. The topological polar surface area (TPSA) is 88.1 Å². The molecule has 5 nitrogen and oxygen atoms in total. The highest BCUT2D eigenvalue weighted by Gasteiger charge is 2.07. The van der Waals surface area contributed by atoms with Crippen LogP contribution in [-0.4, -0.2) is 12.5 Å². The standard InChI is InChI=1S/C15H12FN3O2/c16-11-4-5-14(13(18)7-11)19-15(20)9-21-12-3-1-2-10(6-12)8-17/h1-7H,9,18H2,(H,19,20). The molecule has 0 radical (unpaired) electrons. The average Bonchev–Trinajstić information content (AvgIpc) is 2.48. The summed E-state index contributed by atoms with van der Waals surface area (Å²) in [6.07, 6.45) is 0. The molecule has 0 saturated carbocycles. The van der Waals surface area contributed by atoms with Gasteiger partial charge in [-0.15, -0.1) is 0 Å². The van der Waals surface area contributed by atoms with E-state index < -0.39 is 11.7 Å². The van der Waals surface area contributed by atoms with E-state index in [-0.39, 0.29) is 12.3 Å². The number of nitriles is 1. The molecule has 0 atom stereocenters. The van der Waals surface area contributed by atoms with E-state index in [4.69, 9.17) is 15.7 Å². The lowest BCUT2D eigenvalue weighted by molar-refractivity contribution is -0.118. The maximum Gasteiger partial charge on any atom is 0.262 e. The van der Waals surface area contributed by atoms with Crippen molar-refractivity contribution >= 4 is 17.3 Å². The highest BCUT2D eigenvalue weighted by molar-refractivity contribution is 5.94. The van der Waals surface area contributed by atoms with Crippen LogP contribution in [0.15, 0.2) is 42.5 Å². The van der Waals surface area contributed by atoms with Crippen molar-refractivity contribution < 1.29 is 13.9 Å². The van der Waals surface area contributed by atoms with Gasteiger partial charge in [0.15, 0.2) is 6.61 Å². The molecule has 0 bridgehead atoms. The van der Waals surface area contributed by atoms with E-state index >= 15 is 0 Å². The number of halogens is 1. The third-order valence-electron chi connectivity index (χ3n) is 2.62. The summed E-state index contributed by atoms with van der Waals surface area (Å²) in [6.45, 7) is -0.244. The lowest BCUT2D eigenvalue weighted by Gasteiger charge is -2.09. The van der Waals surface area contributed by atoms with E-state index in [0.717, 1.165) is 6.07 Å². The molecule has 0 heterocycles. The van der Waals surface area contributed by atoms with Crippen molar-refractivity contribution in [2.45, 2.75) is 0 Å². The van der Waals surface area contributed by atoms with Gasteiger partial charge in [0, 0.05) is 0 Å². The number of nitrogens with one attached hydrogen (secondary N) is 1. The number of nitrogens with zero attached hydrogens (tertiary/aromatic N) is 1. The number of hydrogen-bond donors (Lipinski definition) is 2. The van der Waals surface area contributed by atoms with Crippen LogP contribution in [0.1, 0.15) is 5.56 Å². The molecule has 3 N–H and O–H groups in total. The zero-order valence-corrected chi connectivity index (χ0v) is 11.0. The van der Waals surface area contributed by atoms with Crippen molar-refractivity contribution in [2.75, 3.05) is 17.7 Å². The summed E-state index contributed by atoms with van der Waals surface area (Å²) in [4.78, 5) is 11.7. The number of anilines is 2. The van der Waals surface area contributed by atoms with Crippen molar-refractivity contribution in [1.82, 2.24) is 0 Å². The molecule has 0 aliphatic rings. The van der Waals surface area contributed by atoms with Gasteiger partial charge in [-0.2, -0.15) is 5.26 Å². The molecule has 6 heteroatoms. The van der Waals surface area contributed by atoms with Crippen molar-refractivity contribution in [3.8, 4) is 11.8 Å². The quantitative estimate of drug-likeness (QED) is 0.844. The van der Waals surface area contributed by atoms with Gasteiger partial charge >= 0.3 is 0 Å². The number of carbonyl (C=O) groups is 1. The van der Waals surface area contributed by atoms with Gasteiger partial charge < -0.3 is 15.8 Å². The van der Waals surface area contributed by atoms with Crippen molar-refractivity contribution in [2.24, 2.45) is 0 Å². The maximum absolute atomic E-state index is 12.9. The minimum atomic E-state index is -0.477. The van der Waals surface area contributed by atoms with Gasteiger partial charge in [-0.25, -0.2) is 4.39 Å². The van der Waals surface area contributed by atoms with E-state index in [0.29, 0.717) is 17.0 Å². The van der Waals surface area contributed by atoms with E-state index in [1.165, 1.54) is 18.2 Å². The van der Waals surface area contributed by atoms with Gasteiger partial charge in [0.25, 0.3) is 5.91 Å². The minimum Gasteiger partial charge on any atom is -0.484 e. The first-order valence-electron chi connectivity index (χ1n) is 6.06. The Morgan fingerprint density at radius 2 is 2.14 bits per heavy atom. The molecule has 0 spiro atoms. The van der Waals surface area contributed by atoms with E-state index in [9.17, 15) is 9.18 Å². The second kappa shape index (κ2) is 6.39. The number of carbonyl (C=O) groups excluding carboxylic acids is 1. The number of rotatable bonds is 4. The van der Waals surface area contributed by atoms with Crippen molar-refractivity contribution in [1.29, 1.82) is 5.26 Å². The van der Waals surface area contributed by atoms with Gasteiger partial charge in [-0.3, -0.25) is 4.79 Å². The number of hydrogen-bond acceptors (Lipinski definition) is 4. The first kappa shape index (κ1) is 14.3. The lowest BCUT2D eigenvalue weighted by atomic mass is 10.2. The number of ether oxygens (including phenoxy) is 1. The predicted molar refractivity (Wildman–Crippen MR) is 76.1 cm³/mol. The Hall–Kier alpha value is -3.07. The molecule has 0 aliphatic heterocycles. The number of amides is 1. The molecule has 0 saturated heterocycles. The third-order valence-corrected chi connectivity index (χ3v) is 2.62. The van der Waals surface area contributed by atoms with Crippen LogP contribution in [-0.2, 0) is 4.79 Å². The van der Waals surface area contributed by atoms with Crippen LogP contribution in [0.5, 0.6) is 5.75 Å². The fourth-order valence-electron chi connectivity index (χ4n) is 1.64. The molecule has 21 heavy (non-hydrogen) atoms. The van der Waals surface area contributed by atoms with Crippen molar-refractivity contribution in [3.63, 3.8) is 0 Å².